The average Bonchev–Trinajstić information content (AvgIpc) is 2.12. The van der Waals surface area contributed by atoms with Crippen molar-refractivity contribution in [3.63, 3.8) is 0 Å². The Balaban J connectivity index is 4.33. The lowest BCUT2D eigenvalue weighted by molar-refractivity contribution is -0.137. The maximum Gasteiger partial charge on any atom is 0.434 e. The number of ether oxygens (including phenoxy) is 2. The van der Waals surface area contributed by atoms with Gasteiger partial charge in [-0.1, -0.05) is 0 Å². The molecule has 0 aliphatic rings. The molecule has 0 spiro atoms. The Morgan fingerprint density at radius 2 is 1.88 bits per heavy atom. The highest BCUT2D eigenvalue weighted by molar-refractivity contribution is 5.94. The number of esters is 1. The lowest BCUT2D eigenvalue weighted by Crippen LogP contribution is -2.21. The van der Waals surface area contributed by atoms with Gasteiger partial charge < -0.3 is 9.47 Å². The molecular formula is C12H19NO4. The molecule has 5 nitrogen and oxygen atoms in total. The molecule has 0 N–H and O–H groups in total. The second kappa shape index (κ2) is 6.83. The molecular weight excluding hydrogens is 222 g/mol. The normalized spacial score (nSPS) is 12.6. The summed E-state index contributed by atoms with van der Waals surface area (Å²) in [6, 6.07) is 0. The van der Waals surface area contributed by atoms with Gasteiger partial charge in [-0.05, 0) is 40.2 Å². The van der Waals surface area contributed by atoms with Crippen LogP contribution in [-0.2, 0) is 14.3 Å². The summed E-state index contributed by atoms with van der Waals surface area (Å²) < 4.78 is 9.67. The van der Waals surface area contributed by atoms with Crippen LogP contribution in [0.3, 0.4) is 0 Å². The highest BCUT2D eigenvalue weighted by atomic mass is 16.6. The Morgan fingerprint density at radius 3 is 2.35 bits per heavy atom. The molecule has 0 aliphatic heterocycles. The van der Waals surface area contributed by atoms with E-state index in [2.05, 4.69) is 4.99 Å². The van der Waals surface area contributed by atoms with E-state index in [0.29, 0.717) is 12.2 Å². The second-order valence-electron chi connectivity index (χ2n) is 4.38. The zero-order valence-electron chi connectivity index (χ0n) is 10.9. The van der Waals surface area contributed by atoms with Crippen molar-refractivity contribution < 1.29 is 19.1 Å². The Bertz CT molecular complexity index is 337. The molecule has 0 aliphatic carbocycles. The van der Waals surface area contributed by atoms with E-state index in [-0.39, 0.29) is 0 Å². The van der Waals surface area contributed by atoms with Gasteiger partial charge in [0.15, 0.2) is 0 Å². The van der Waals surface area contributed by atoms with E-state index in [4.69, 9.17) is 9.47 Å². The van der Waals surface area contributed by atoms with E-state index in [0.717, 1.165) is 0 Å². The topological polar surface area (TPSA) is 65.0 Å². The quantitative estimate of drug-likeness (QED) is 0.432. The monoisotopic (exact) mass is 241 g/mol. The van der Waals surface area contributed by atoms with Crippen LogP contribution in [-0.4, -0.2) is 30.5 Å². The Kier molecular flexibility index (Phi) is 6.17. The minimum absolute atomic E-state index is 0.311. The lowest BCUT2D eigenvalue weighted by atomic mass is 10.2. The van der Waals surface area contributed by atoms with Crippen molar-refractivity contribution in [2.24, 2.45) is 4.99 Å². The molecule has 0 aromatic carbocycles. The molecule has 0 aromatic rings. The third-order valence-corrected chi connectivity index (χ3v) is 1.40. The summed E-state index contributed by atoms with van der Waals surface area (Å²) in [6.45, 7) is 8.93. The van der Waals surface area contributed by atoms with Crippen molar-refractivity contribution in [3.8, 4) is 0 Å². The van der Waals surface area contributed by atoms with E-state index >= 15 is 0 Å². The van der Waals surface area contributed by atoms with Crippen LogP contribution in [0.2, 0.25) is 0 Å². The van der Waals surface area contributed by atoms with E-state index in [1.54, 1.807) is 34.6 Å². The standard InChI is InChI=1S/C12H19NO4/c1-6-16-10(14)7-9(2)8-13-11(15)17-12(3,4)5/h7-8H,6H2,1-5H3/b9-7+,13-8+. The third kappa shape index (κ3) is 9.29. The van der Waals surface area contributed by atoms with E-state index < -0.39 is 17.7 Å². The number of aliphatic imine (C=N–C) groups is 1. The maximum atomic E-state index is 11.2. The van der Waals surface area contributed by atoms with Crippen LogP contribution >= 0.6 is 0 Å². The molecule has 5 heteroatoms. The number of nitrogens with zero attached hydrogens (tertiary/aromatic N) is 1. The molecule has 0 aromatic heterocycles. The van der Waals surface area contributed by atoms with Gasteiger partial charge in [0.05, 0.1) is 6.61 Å². The summed E-state index contributed by atoms with van der Waals surface area (Å²) >= 11 is 0. The average molecular weight is 241 g/mol. The molecule has 1 amide bonds. The first kappa shape index (κ1) is 15.3. The first-order valence-electron chi connectivity index (χ1n) is 5.36. The number of allylic oxidation sites excluding steroid dienone is 1. The van der Waals surface area contributed by atoms with Crippen molar-refractivity contribution in [1.82, 2.24) is 0 Å². The fourth-order valence-electron chi connectivity index (χ4n) is 0.850. The van der Waals surface area contributed by atoms with Crippen molar-refractivity contribution in [3.05, 3.63) is 11.6 Å². The molecule has 0 heterocycles. The number of carbonyl (C=O) groups is 2. The summed E-state index contributed by atoms with van der Waals surface area (Å²) in [5.74, 6) is -0.458. The van der Waals surface area contributed by atoms with Gasteiger partial charge in [-0.2, -0.15) is 4.99 Å². The highest BCUT2D eigenvalue weighted by Gasteiger charge is 2.14. The Morgan fingerprint density at radius 1 is 1.29 bits per heavy atom. The van der Waals surface area contributed by atoms with Crippen LogP contribution in [0.25, 0.3) is 0 Å². The zero-order chi connectivity index (χ0) is 13.5. The number of rotatable bonds is 3. The fraction of sp³-hybridized carbons (Fsp3) is 0.583. The van der Waals surface area contributed by atoms with Gasteiger partial charge in [-0.15, -0.1) is 0 Å². The molecule has 0 fully saturated rings. The van der Waals surface area contributed by atoms with Crippen molar-refractivity contribution in [2.45, 2.75) is 40.2 Å². The first-order valence-corrected chi connectivity index (χ1v) is 5.36. The number of carbonyl (C=O) groups excluding carboxylic acids is 2. The van der Waals surface area contributed by atoms with Gasteiger partial charge in [0, 0.05) is 12.3 Å². The number of hydrogen-bond donors (Lipinski definition) is 0. The van der Waals surface area contributed by atoms with Crippen LogP contribution in [0.1, 0.15) is 34.6 Å². The van der Waals surface area contributed by atoms with Crippen LogP contribution in [0, 0.1) is 0 Å². The van der Waals surface area contributed by atoms with Crippen LogP contribution < -0.4 is 0 Å². The fourth-order valence-corrected chi connectivity index (χ4v) is 0.850. The molecule has 0 radical (unpaired) electrons. The van der Waals surface area contributed by atoms with Crippen molar-refractivity contribution in [2.75, 3.05) is 6.61 Å². The molecule has 96 valence electrons. The summed E-state index contributed by atoms with van der Waals surface area (Å²) in [5.41, 5.74) is -0.0537. The molecule has 0 rings (SSSR count). The van der Waals surface area contributed by atoms with Gasteiger partial charge in [-0.25, -0.2) is 9.59 Å². The Labute approximate surface area is 102 Å². The molecule has 0 saturated carbocycles. The molecule has 0 atom stereocenters. The van der Waals surface area contributed by atoms with Gasteiger partial charge in [-0.3, -0.25) is 0 Å². The summed E-state index contributed by atoms with van der Waals surface area (Å²) in [7, 11) is 0. The van der Waals surface area contributed by atoms with Crippen LogP contribution in [0.15, 0.2) is 16.6 Å². The Hall–Kier alpha value is -1.65. The molecule has 17 heavy (non-hydrogen) atoms. The largest absolute Gasteiger partial charge is 0.463 e. The minimum Gasteiger partial charge on any atom is -0.463 e. The smallest absolute Gasteiger partial charge is 0.434 e. The minimum atomic E-state index is -0.686. The predicted octanol–water partition coefficient (Wildman–Crippen LogP) is 2.50. The highest BCUT2D eigenvalue weighted by Crippen LogP contribution is 2.07. The van der Waals surface area contributed by atoms with E-state index in [9.17, 15) is 9.59 Å². The summed E-state index contributed by atoms with van der Waals surface area (Å²) in [5, 5.41) is 0. The molecule has 0 bridgehead atoms. The SMILES string of the molecule is CCOC(=O)/C=C(C)/C=N/C(=O)OC(C)(C)C. The van der Waals surface area contributed by atoms with Gasteiger partial charge in [0.1, 0.15) is 5.60 Å². The van der Waals surface area contributed by atoms with E-state index in [1.807, 2.05) is 0 Å². The molecule has 0 unspecified atom stereocenters. The predicted molar refractivity (Wildman–Crippen MR) is 65.1 cm³/mol. The maximum absolute atomic E-state index is 11.2. The van der Waals surface area contributed by atoms with Crippen LogP contribution in [0.5, 0.6) is 0 Å². The third-order valence-electron chi connectivity index (χ3n) is 1.40. The number of hydrogen-bond acceptors (Lipinski definition) is 4. The summed E-state index contributed by atoms with van der Waals surface area (Å²) in [6.07, 6.45) is 1.84. The zero-order valence-corrected chi connectivity index (χ0v) is 10.9. The van der Waals surface area contributed by atoms with E-state index in [1.165, 1.54) is 12.3 Å². The van der Waals surface area contributed by atoms with Gasteiger partial charge in [0.25, 0.3) is 0 Å². The van der Waals surface area contributed by atoms with Gasteiger partial charge in [0.2, 0.25) is 0 Å². The second-order valence-corrected chi connectivity index (χ2v) is 4.38. The first-order chi connectivity index (χ1) is 7.74. The van der Waals surface area contributed by atoms with Gasteiger partial charge >= 0.3 is 12.1 Å². The summed E-state index contributed by atoms with van der Waals surface area (Å²) in [4.78, 5) is 25.8. The number of amides is 1. The van der Waals surface area contributed by atoms with Crippen molar-refractivity contribution >= 4 is 18.3 Å². The molecule has 0 saturated heterocycles. The lowest BCUT2D eigenvalue weighted by Gasteiger charge is -2.17. The van der Waals surface area contributed by atoms with Crippen LogP contribution in [0.4, 0.5) is 4.79 Å². The van der Waals surface area contributed by atoms with Crippen molar-refractivity contribution in [1.29, 1.82) is 0 Å².